The number of hydrogen-bond donors (Lipinski definition) is 0. The maximum absolute atomic E-state index is 4.48. The molecule has 5 aromatic heterocycles. The minimum atomic E-state index is 0.562. The molecule has 0 aliphatic heterocycles. The van der Waals surface area contributed by atoms with E-state index in [1.54, 1.807) is 45.3 Å². The van der Waals surface area contributed by atoms with Crippen LogP contribution in [-0.2, 0) is 0 Å². The second kappa shape index (κ2) is 7.85. The molecular weight excluding hydrogens is 545 g/mol. The largest absolute Gasteiger partial charge is 0.213 e. The molecule has 0 saturated heterocycles. The van der Waals surface area contributed by atoms with Gasteiger partial charge in [-0.2, -0.15) is 0 Å². The third kappa shape index (κ3) is 3.25. The van der Waals surface area contributed by atoms with E-state index in [4.69, 9.17) is 0 Å². The molecule has 0 aliphatic rings. The van der Waals surface area contributed by atoms with Crippen LogP contribution in [-0.4, -0.2) is 20.4 Å². The van der Waals surface area contributed by atoms with Crippen molar-refractivity contribution >= 4 is 107 Å². The van der Waals surface area contributed by atoms with E-state index < -0.39 is 0 Å². The summed E-state index contributed by atoms with van der Waals surface area (Å²) in [5.41, 5.74) is 0. The first kappa shape index (κ1) is 21.2. The lowest BCUT2D eigenvalue weighted by molar-refractivity contribution is 0.882. The van der Waals surface area contributed by atoms with Gasteiger partial charge in [0.2, 0.25) is 11.6 Å². The average Bonchev–Trinajstić information content (AvgIpc) is 3.73. The molecule has 8 heteroatoms. The fraction of sp³-hybridized carbons (Fsp3) is 0. The van der Waals surface area contributed by atoms with E-state index in [0.717, 1.165) is 9.75 Å². The topological polar surface area (TPSA) is 51.6 Å². The number of nitrogens with zero attached hydrogens (tertiary/aromatic N) is 4. The van der Waals surface area contributed by atoms with Crippen molar-refractivity contribution in [3.63, 3.8) is 0 Å². The number of aromatic nitrogens is 4. The summed E-state index contributed by atoms with van der Waals surface area (Å²) >= 11 is 6.92. The Morgan fingerprint density at radius 2 is 0.763 bits per heavy atom. The minimum Gasteiger partial charge on any atom is -0.144 e. The maximum atomic E-state index is 4.48. The smallest absolute Gasteiger partial charge is 0.144 e. The average molecular weight is 559 g/mol. The van der Waals surface area contributed by atoms with Gasteiger partial charge in [-0.05, 0) is 127 Å². The predicted molar refractivity (Wildman–Crippen MR) is 165 cm³/mol. The summed E-state index contributed by atoms with van der Waals surface area (Å²) in [4.78, 5) is 1.96. The first-order chi connectivity index (χ1) is 18.7. The monoisotopic (exact) mass is 558 g/mol. The third-order valence-electron chi connectivity index (χ3n) is 7.01. The van der Waals surface area contributed by atoms with E-state index >= 15 is 0 Å². The van der Waals surface area contributed by atoms with Crippen LogP contribution in [0.25, 0.3) is 83.3 Å². The number of thiophene rings is 4. The second-order valence-corrected chi connectivity index (χ2v) is 13.4. The fourth-order valence-corrected chi connectivity index (χ4v) is 8.81. The number of benzene rings is 4. The first-order valence-electron chi connectivity index (χ1n) is 12.0. The molecule has 0 bridgehead atoms. The minimum absolute atomic E-state index is 0.562. The first-order valence-corrected chi connectivity index (χ1v) is 15.4. The van der Waals surface area contributed by atoms with Crippen LogP contribution < -0.4 is 0 Å². The fourth-order valence-electron chi connectivity index (χ4n) is 5.14. The normalized spacial score (nSPS) is 12.2. The zero-order valence-electron chi connectivity index (χ0n) is 19.5. The molecule has 0 radical (unpaired) electrons. The van der Waals surface area contributed by atoms with Crippen LogP contribution >= 0.6 is 45.3 Å². The molecule has 0 aliphatic carbocycles. The van der Waals surface area contributed by atoms with Gasteiger partial charge in [-0.1, -0.05) is 0 Å². The van der Waals surface area contributed by atoms with E-state index in [2.05, 4.69) is 104 Å². The lowest BCUT2D eigenvalue weighted by atomic mass is 10.1. The number of rotatable bonds is 2. The quantitative estimate of drug-likeness (QED) is 0.212. The number of hydrogen-bond acceptors (Lipinski definition) is 8. The Morgan fingerprint density at radius 3 is 1.21 bits per heavy atom. The van der Waals surface area contributed by atoms with Crippen molar-refractivity contribution in [2.75, 3.05) is 0 Å². The Bertz CT molecular complexity index is 2050. The molecule has 38 heavy (non-hydrogen) atoms. The summed E-state index contributed by atoms with van der Waals surface area (Å²) in [6.07, 6.45) is 0. The molecule has 0 saturated carbocycles. The van der Waals surface area contributed by atoms with Crippen LogP contribution in [0, 0.1) is 0 Å². The molecule has 0 spiro atoms. The van der Waals surface area contributed by atoms with Crippen molar-refractivity contribution in [1.82, 2.24) is 20.4 Å². The van der Waals surface area contributed by atoms with Gasteiger partial charge in [0.1, 0.15) is 0 Å². The second-order valence-electron chi connectivity index (χ2n) is 9.36. The van der Waals surface area contributed by atoms with Gasteiger partial charge >= 0.3 is 0 Å². The Hall–Kier alpha value is -3.82. The van der Waals surface area contributed by atoms with Crippen LogP contribution in [0.15, 0.2) is 83.6 Å². The van der Waals surface area contributed by atoms with E-state index in [1.165, 1.54) is 61.9 Å². The highest BCUT2D eigenvalue weighted by Crippen LogP contribution is 2.38. The summed E-state index contributed by atoms with van der Waals surface area (Å²) in [7, 11) is 0. The standard InChI is InChI=1S/C30H14N4S4/c1-3-35-23-9-19-7-21-13-27(37-25(21)11-17(19)5-15(1)23)29-31-33-30(34-32-29)28-14-22-8-20-10-24-16(2-4-36-24)6-18(20)12-26(22)38-28/h1-14H. The zero-order chi connectivity index (χ0) is 24.8. The molecule has 0 amide bonds. The Balaban J connectivity index is 1.09. The van der Waals surface area contributed by atoms with Gasteiger partial charge < -0.3 is 0 Å². The highest BCUT2D eigenvalue weighted by atomic mass is 32.1. The molecule has 0 N–H and O–H groups in total. The highest BCUT2D eigenvalue weighted by molar-refractivity contribution is 7.22. The lowest BCUT2D eigenvalue weighted by Crippen LogP contribution is -1.97. The van der Waals surface area contributed by atoms with Gasteiger partial charge in [0.05, 0.1) is 9.75 Å². The van der Waals surface area contributed by atoms with Crippen molar-refractivity contribution in [3.05, 3.63) is 83.6 Å². The van der Waals surface area contributed by atoms with E-state index in [9.17, 15) is 0 Å². The molecule has 9 aromatic rings. The van der Waals surface area contributed by atoms with Gasteiger partial charge in [-0.25, -0.2) is 0 Å². The van der Waals surface area contributed by atoms with Crippen molar-refractivity contribution in [2.45, 2.75) is 0 Å². The Kier molecular flexibility index (Phi) is 4.37. The molecular formula is C30H14N4S4. The lowest BCUT2D eigenvalue weighted by Gasteiger charge is -1.99. The van der Waals surface area contributed by atoms with Gasteiger partial charge in [-0.3, -0.25) is 0 Å². The van der Waals surface area contributed by atoms with Crippen LogP contribution in [0.1, 0.15) is 0 Å². The van der Waals surface area contributed by atoms with Gasteiger partial charge in [0.15, 0.2) is 0 Å². The number of fused-ring (bicyclic) bond motifs is 6. The van der Waals surface area contributed by atoms with Crippen LogP contribution in [0.5, 0.6) is 0 Å². The van der Waals surface area contributed by atoms with Crippen LogP contribution in [0.4, 0.5) is 0 Å². The maximum Gasteiger partial charge on any atom is 0.213 e. The van der Waals surface area contributed by atoms with Crippen LogP contribution in [0.3, 0.4) is 0 Å². The molecule has 4 nitrogen and oxygen atoms in total. The van der Waals surface area contributed by atoms with E-state index in [1.807, 2.05) is 0 Å². The van der Waals surface area contributed by atoms with E-state index in [0.29, 0.717) is 11.6 Å². The summed E-state index contributed by atoms with van der Waals surface area (Å²) in [6, 6.07) is 26.8. The van der Waals surface area contributed by atoms with Crippen molar-refractivity contribution in [3.8, 4) is 21.4 Å². The van der Waals surface area contributed by atoms with Gasteiger partial charge in [-0.15, -0.1) is 65.7 Å². The summed E-state index contributed by atoms with van der Waals surface area (Å²) in [6.45, 7) is 0. The van der Waals surface area contributed by atoms with Gasteiger partial charge in [0, 0.05) is 18.8 Å². The van der Waals surface area contributed by atoms with Crippen molar-refractivity contribution < 1.29 is 0 Å². The summed E-state index contributed by atoms with van der Waals surface area (Å²) < 4.78 is 5.06. The SMILES string of the molecule is c1cc2cc3cc4sc(-c5nnc(-c6cc7cc8cc9sccc9cc8cc7s6)nn5)cc4cc3cc2s1. The summed E-state index contributed by atoms with van der Waals surface area (Å²) in [5.74, 6) is 1.12. The van der Waals surface area contributed by atoms with Crippen molar-refractivity contribution in [2.24, 2.45) is 0 Å². The molecule has 9 rings (SSSR count). The predicted octanol–water partition coefficient (Wildman–Crippen LogP) is 9.77. The molecule has 0 fully saturated rings. The van der Waals surface area contributed by atoms with Crippen LogP contribution in [0.2, 0.25) is 0 Å². The molecule has 0 atom stereocenters. The Morgan fingerprint density at radius 1 is 0.368 bits per heavy atom. The third-order valence-corrected chi connectivity index (χ3v) is 11.0. The van der Waals surface area contributed by atoms with Gasteiger partial charge in [0.25, 0.3) is 0 Å². The van der Waals surface area contributed by atoms with E-state index in [-0.39, 0.29) is 0 Å². The molecule has 0 unspecified atom stereocenters. The highest BCUT2D eigenvalue weighted by Gasteiger charge is 2.14. The summed E-state index contributed by atoms with van der Waals surface area (Å²) in [5, 5.41) is 32.2. The van der Waals surface area contributed by atoms with Crippen molar-refractivity contribution in [1.29, 1.82) is 0 Å². The Labute approximate surface area is 231 Å². The molecule has 178 valence electrons. The molecule has 5 heterocycles. The zero-order valence-corrected chi connectivity index (χ0v) is 22.8. The molecule has 4 aromatic carbocycles.